The lowest BCUT2D eigenvalue weighted by Gasteiger charge is -2.18. The van der Waals surface area contributed by atoms with Crippen molar-refractivity contribution in [2.24, 2.45) is 0 Å². The third-order valence-electron chi connectivity index (χ3n) is 4.74. The average Bonchev–Trinajstić information content (AvgIpc) is 2.91. The van der Waals surface area contributed by atoms with Crippen molar-refractivity contribution in [3.63, 3.8) is 0 Å². The van der Waals surface area contributed by atoms with Crippen molar-refractivity contribution in [1.82, 2.24) is 0 Å². The molecule has 3 nitrogen and oxygen atoms in total. The Labute approximate surface area is 169 Å². The molecular weight excluding hydrogens is 366 g/mol. The fourth-order valence-electron chi connectivity index (χ4n) is 3.45. The summed E-state index contributed by atoms with van der Waals surface area (Å²) in [6.45, 7) is 6.07. The van der Waals surface area contributed by atoms with Crippen LogP contribution < -0.4 is 4.90 Å². The first-order valence-corrected chi connectivity index (χ1v) is 10.2. The summed E-state index contributed by atoms with van der Waals surface area (Å²) < 4.78 is 0. The Bertz CT molecular complexity index is 1110. The van der Waals surface area contributed by atoms with Crippen LogP contribution in [0.25, 0.3) is 16.3 Å². The number of amides is 2. The molecule has 140 valence electrons. The topological polar surface area (TPSA) is 37.4 Å². The molecule has 0 N–H and O–H groups in total. The first-order chi connectivity index (χ1) is 13.5. The van der Waals surface area contributed by atoms with Gasteiger partial charge in [0.15, 0.2) is 0 Å². The van der Waals surface area contributed by atoms with Gasteiger partial charge in [-0.1, -0.05) is 80.1 Å². The molecule has 1 aliphatic rings. The number of rotatable bonds is 4. The van der Waals surface area contributed by atoms with Gasteiger partial charge in [-0.3, -0.25) is 9.59 Å². The summed E-state index contributed by atoms with van der Waals surface area (Å²) in [4.78, 5) is 28.7. The molecule has 1 aliphatic heterocycles. The quantitative estimate of drug-likeness (QED) is 0.549. The van der Waals surface area contributed by atoms with Gasteiger partial charge in [0.2, 0.25) is 0 Å². The Morgan fingerprint density at radius 2 is 1.50 bits per heavy atom. The smallest absolute Gasteiger partial charge is 0.268 e. The van der Waals surface area contributed by atoms with Crippen molar-refractivity contribution in [1.29, 1.82) is 0 Å². The number of hydrogen-bond donors (Lipinski definition) is 0. The van der Waals surface area contributed by atoms with Crippen molar-refractivity contribution < 1.29 is 9.59 Å². The van der Waals surface area contributed by atoms with Crippen molar-refractivity contribution >= 4 is 45.6 Å². The van der Waals surface area contributed by atoms with Gasteiger partial charge in [-0.25, -0.2) is 4.90 Å². The molecule has 0 saturated carbocycles. The molecule has 4 heteroatoms. The molecule has 3 aromatic carbocycles. The zero-order valence-electron chi connectivity index (χ0n) is 16.1. The van der Waals surface area contributed by atoms with Gasteiger partial charge >= 0.3 is 0 Å². The van der Waals surface area contributed by atoms with E-state index in [0.29, 0.717) is 16.2 Å². The maximum absolute atomic E-state index is 13.5. The average molecular weight is 388 g/mol. The van der Waals surface area contributed by atoms with E-state index < -0.39 is 0 Å². The molecule has 0 radical (unpaired) electrons. The van der Waals surface area contributed by atoms with Gasteiger partial charge in [0.25, 0.3) is 11.8 Å². The monoisotopic (exact) mass is 387 g/mol. The summed E-state index contributed by atoms with van der Waals surface area (Å²) in [5.74, 6) is -0.496. The van der Waals surface area contributed by atoms with Crippen LogP contribution >= 0.6 is 11.8 Å². The largest absolute Gasteiger partial charge is 0.272 e. The Balaban J connectivity index is 1.88. The molecule has 3 aromatic rings. The summed E-state index contributed by atoms with van der Waals surface area (Å²) >= 11 is 1.45. The Morgan fingerprint density at radius 1 is 0.821 bits per heavy atom. The van der Waals surface area contributed by atoms with Crippen LogP contribution in [0.3, 0.4) is 0 Å². The van der Waals surface area contributed by atoms with E-state index in [0.717, 1.165) is 21.9 Å². The van der Waals surface area contributed by atoms with Gasteiger partial charge < -0.3 is 0 Å². The molecule has 0 bridgehead atoms. The van der Waals surface area contributed by atoms with E-state index >= 15 is 0 Å². The van der Waals surface area contributed by atoms with Crippen molar-refractivity contribution in [3.8, 4) is 0 Å². The maximum Gasteiger partial charge on any atom is 0.272 e. The number of anilines is 1. The van der Waals surface area contributed by atoms with Crippen LogP contribution in [0.15, 0.2) is 71.6 Å². The van der Waals surface area contributed by atoms with Gasteiger partial charge in [-0.05, 0) is 23.9 Å². The SMILES string of the molecule is Cc1ccc(C2=C(SC(C)C)C(=O)N(c3cccc4ccccc34)C2=O)cc1. The Kier molecular flexibility index (Phi) is 4.82. The minimum atomic E-state index is -0.256. The number of carbonyl (C=O) groups excluding carboxylic acids is 2. The zero-order chi connectivity index (χ0) is 19.8. The van der Waals surface area contributed by atoms with Gasteiger partial charge in [-0.2, -0.15) is 0 Å². The van der Waals surface area contributed by atoms with Crippen LogP contribution in [-0.4, -0.2) is 17.1 Å². The fourth-order valence-corrected chi connectivity index (χ4v) is 4.44. The summed E-state index contributed by atoms with van der Waals surface area (Å²) in [5.41, 5.74) is 3.04. The van der Waals surface area contributed by atoms with Crippen LogP contribution in [0.4, 0.5) is 5.69 Å². The summed E-state index contributed by atoms with van der Waals surface area (Å²) in [6.07, 6.45) is 0. The lowest BCUT2D eigenvalue weighted by molar-refractivity contribution is -0.119. The molecule has 0 spiro atoms. The van der Waals surface area contributed by atoms with E-state index in [1.54, 1.807) is 0 Å². The Morgan fingerprint density at radius 3 is 2.21 bits per heavy atom. The van der Waals surface area contributed by atoms with Gasteiger partial charge in [0, 0.05) is 10.6 Å². The van der Waals surface area contributed by atoms with Crippen LogP contribution in [0, 0.1) is 6.92 Å². The van der Waals surface area contributed by atoms with Crippen LogP contribution in [0.5, 0.6) is 0 Å². The molecule has 0 aromatic heterocycles. The van der Waals surface area contributed by atoms with Crippen LogP contribution in [0.1, 0.15) is 25.0 Å². The van der Waals surface area contributed by atoms with E-state index in [1.807, 2.05) is 87.5 Å². The minimum absolute atomic E-state index is 0.194. The number of nitrogens with zero attached hydrogens (tertiary/aromatic N) is 1. The lowest BCUT2D eigenvalue weighted by atomic mass is 10.0. The number of aryl methyl sites for hydroxylation is 1. The van der Waals surface area contributed by atoms with E-state index in [1.165, 1.54) is 16.7 Å². The summed E-state index contributed by atoms with van der Waals surface area (Å²) in [7, 11) is 0. The van der Waals surface area contributed by atoms with Crippen molar-refractivity contribution in [2.75, 3.05) is 4.90 Å². The highest BCUT2D eigenvalue weighted by atomic mass is 32.2. The highest BCUT2D eigenvalue weighted by Gasteiger charge is 2.41. The maximum atomic E-state index is 13.5. The molecular formula is C24H21NO2S. The minimum Gasteiger partial charge on any atom is -0.268 e. The van der Waals surface area contributed by atoms with E-state index in [2.05, 4.69) is 0 Å². The molecule has 0 saturated heterocycles. The molecule has 4 rings (SSSR count). The first kappa shape index (κ1) is 18.5. The molecule has 0 fully saturated rings. The lowest BCUT2D eigenvalue weighted by Crippen LogP contribution is -2.31. The number of benzene rings is 3. The molecule has 2 amide bonds. The molecule has 0 atom stereocenters. The summed E-state index contributed by atoms with van der Waals surface area (Å²) in [5, 5.41) is 2.09. The highest BCUT2D eigenvalue weighted by Crippen LogP contribution is 2.41. The summed E-state index contributed by atoms with van der Waals surface area (Å²) in [6, 6.07) is 21.3. The van der Waals surface area contributed by atoms with Crippen LogP contribution in [0.2, 0.25) is 0 Å². The van der Waals surface area contributed by atoms with Crippen molar-refractivity contribution in [3.05, 3.63) is 82.8 Å². The molecule has 0 aliphatic carbocycles. The van der Waals surface area contributed by atoms with E-state index in [-0.39, 0.29) is 17.1 Å². The molecule has 1 heterocycles. The number of hydrogen-bond acceptors (Lipinski definition) is 3. The standard InChI is InChI=1S/C24H21NO2S/c1-15(2)28-22-21(18-13-11-16(3)12-14-18)23(26)25(24(22)27)20-10-6-8-17-7-4-5-9-19(17)20/h4-15H,1-3H3. The third kappa shape index (κ3) is 3.14. The predicted octanol–water partition coefficient (Wildman–Crippen LogP) is 5.57. The number of carbonyl (C=O) groups is 2. The fraction of sp³-hybridized carbons (Fsp3) is 0.167. The predicted molar refractivity (Wildman–Crippen MR) is 117 cm³/mol. The van der Waals surface area contributed by atoms with E-state index in [4.69, 9.17) is 0 Å². The van der Waals surface area contributed by atoms with Gasteiger partial charge in [0.1, 0.15) is 0 Å². The molecule has 0 unspecified atom stereocenters. The Hall–Kier alpha value is -2.85. The number of thioether (sulfide) groups is 1. The van der Waals surface area contributed by atoms with Gasteiger partial charge in [0.05, 0.1) is 16.2 Å². The second-order valence-electron chi connectivity index (χ2n) is 7.18. The number of imide groups is 1. The second-order valence-corrected chi connectivity index (χ2v) is 8.77. The zero-order valence-corrected chi connectivity index (χ0v) is 16.9. The molecule has 28 heavy (non-hydrogen) atoms. The highest BCUT2D eigenvalue weighted by molar-refractivity contribution is 8.04. The normalized spacial score (nSPS) is 14.6. The second kappa shape index (κ2) is 7.28. The number of fused-ring (bicyclic) bond motifs is 1. The van der Waals surface area contributed by atoms with E-state index in [9.17, 15) is 9.59 Å². The first-order valence-electron chi connectivity index (χ1n) is 9.32. The van der Waals surface area contributed by atoms with Crippen molar-refractivity contribution in [2.45, 2.75) is 26.0 Å². The van der Waals surface area contributed by atoms with Gasteiger partial charge in [-0.15, -0.1) is 11.8 Å². The van der Waals surface area contributed by atoms with Crippen LogP contribution in [-0.2, 0) is 9.59 Å². The third-order valence-corrected chi connectivity index (χ3v) is 5.83.